The fourth-order valence-electron chi connectivity index (χ4n) is 5.87. The number of halogens is 1. The molecule has 0 fully saturated rings. The Morgan fingerprint density at radius 2 is 1.55 bits per heavy atom. The maximum Gasteiger partial charge on any atom is 0.294 e. The summed E-state index contributed by atoms with van der Waals surface area (Å²) >= 11 is 0. The molecule has 4 aromatic carbocycles. The molecular weight excluding hydrogens is 471 g/mol. The van der Waals surface area contributed by atoms with Gasteiger partial charge in [0.05, 0.1) is 12.6 Å². The van der Waals surface area contributed by atoms with Crippen molar-refractivity contribution in [2.45, 2.75) is 39.8 Å². The zero-order valence-electron chi connectivity index (χ0n) is 22.5. The van der Waals surface area contributed by atoms with E-state index in [4.69, 9.17) is 4.42 Å². The smallest absolute Gasteiger partial charge is 0.294 e. The second-order valence-corrected chi connectivity index (χ2v) is 10.8. The van der Waals surface area contributed by atoms with Crippen molar-refractivity contribution in [2.24, 2.45) is 7.05 Å². The molecule has 2 aromatic heterocycles. The SMILES string of the molecule is Cc1cc(Cc2cccc3c2oc2ccccc23)cc(C)c1-n1cc[n+](C)c1-c1ccccc1C(C)(C)F. The largest absolute Gasteiger partial charge is 0.456 e. The first-order valence-corrected chi connectivity index (χ1v) is 13.1. The number of imidazole rings is 1. The maximum atomic E-state index is 15.2. The molecule has 0 bridgehead atoms. The molecular formula is C34H32FN2O+. The van der Waals surface area contributed by atoms with E-state index in [1.54, 1.807) is 13.8 Å². The van der Waals surface area contributed by atoms with E-state index < -0.39 is 5.67 Å². The van der Waals surface area contributed by atoms with Gasteiger partial charge in [0.25, 0.3) is 5.82 Å². The van der Waals surface area contributed by atoms with Gasteiger partial charge in [0.15, 0.2) is 0 Å². The number of hydrogen-bond donors (Lipinski definition) is 0. The van der Waals surface area contributed by atoms with Crippen molar-refractivity contribution in [3.8, 4) is 17.1 Å². The summed E-state index contributed by atoms with van der Waals surface area (Å²) in [5, 5.41) is 2.30. The zero-order valence-corrected chi connectivity index (χ0v) is 22.5. The molecule has 6 aromatic rings. The van der Waals surface area contributed by atoms with E-state index in [0.717, 1.165) is 45.4 Å². The highest BCUT2D eigenvalue weighted by Crippen LogP contribution is 2.36. The van der Waals surface area contributed by atoms with E-state index >= 15 is 4.39 Å². The second-order valence-electron chi connectivity index (χ2n) is 10.8. The van der Waals surface area contributed by atoms with Crippen LogP contribution < -0.4 is 4.57 Å². The Hall–Kier alpha value is -4.18. The van der Waals surface area contributed by atoms with Crippen LogP contribution in [0.1, 0.15) is 41.7 Å². The van der Waals surface area contributed by atoms with E-state index in [0.29, 0.717) is 5.56 Å². The van der Waals surface area contributed by atoms with Gasteiger partial charge in [-0.1, -0.05) is 66.7 Å². The summed E-state index contributed by atoms with van der Waals surface area (Å²) < 4.78 is 25.8. The van der Waals surface area contributed by atoms with Crippen molar-refractivity contribution in [3.63, 3.8) is 0 Å². The summed E-state index contributed by atoms with van der Waals surface area (Å²) in [5.41, 5.74) is 7.88. The third-order valence-corrected chi connectivity index (χ3v) is 7.48. The third-order valence-electron chi connectivity index (χ3n) is 7.48. The van der Waals surface area contributed by atoms with Gasteiger partial charge in [0.2, 0.25) is 0 Å². The molecule has 0 atom stereocenters. The van der Waals surface area contributed by atoms with Crippen LogP contribution in [0.2, 0.25) is 0 Å². The molecule has 4 heteroatoms. The van der Waals surface area contributed by atoms with Crippen LogP contribution in [0.5, 0.6) is 0 Å². The van der Waals surface area contributed by atoms with Gasteiger partial charge < -0.3 is 4.42 Å². The Balaban J connectivity index is 1.44. The molecule has 0 saturated carbocycles. The molecule has 0 aliphatic rings. The molecule has 3 nitrogen and oxygen atoms in total. The van der Waals surface area contributed by atoms with Gasteiger partial charge in [-0.2, -0.15) is 4.57 Å². The number of aromatic nitrogens is 2. The zero-order chi connectivity index (χ0) is 26.6. The lowest BCUT2D eigenvalue weighted by molar-refractivity contribution is -0.659. The Morgan fingerprint density at radius 3 is 2.32 bits per heavy atom. The quantitative estimate of drug-likeness (QED) is 0.217. The highest BCUT2D eigenvalue weighted by Gasteiger charge is 2.30. The number of hydrogen-bond acceptors (Lipinski definition) is 1. The fraction of sp³-hybridized carbons (Fsp3) is 0.206. The maximum absolute atomic E-state index is 15.2. The number of alkyl halides is 1. The monoisotopic (exact) mass is 503 g/mol. The molecule has 0 radical (unpaired) electrons. The van der Waals surface area contributed by atoms with Crippen LogP contribution in [0.3, 0.4) is 0 Å². The molecule has 0 N–H and O–H groups in total. The van der Waals surface area contributed by atoms with Crippen LogP contribution in [0.15, 0.2) is 95.7 Å². The van der Waals surface area contributed by atoms with Gasteiger partial charge >= 0.3 is 0 Å². The van der Waals surface area contributed by atoms with E-state index in [2.05, 4.69) is 71.6 Å². The summed E-state index contributed by atoms with van der Waals surface area (Å²) in [6.45, 7) is 7.55. The summed E-state index contributed by atoms with van der Waals surface area (Å²) in [7, 11) is 2.01. The highest BCUT2D eigenvalue weighted by atomic mass is 19.1. The van der Waals surface area contributed by atoms with Gasteiger partial charge in [-0.25, -0.2) is 8.96 Å². The molecule has 0 saturated heterocycles. The number of aryl methyl sites for hydroxylation is 3. The van der Waals surface area contributed by atoms with Crippen molar-refractivity contribution in [1.29, 1.82) is 0 Å². The minimum absolute atomic E-state index is 0.682. The molecule has 0 amide bonds. The molecule has 6 rings (SSSR count). The van der Waals surface area contributed by atoms with Crippen LogP contribution >= 0.6 is 0 Å². The normalized spacial score (nSPS) is 12.1. The predicted molar refractivity (Wildman–Crippen MR) is 153 cm³/mol. The van der Waals surface area contributed by atoms with Crippen LogP contribution in [0.25, 0.3) is 39.0 Å². The number of para-hydroxylation sites is 2. The topological polar surface area (TPSA) is 21.9 Å². The van der Waals surface area contributed by atoms with E-state index in [-0.39, 0.29) is 0 Å². The first-order chi connectivity index (χ1) is 18.2. The Kier molecular flexibility index (Phi) is 5.71. The number of rotatable bonds is 5. The number of benzene rings is 4. The number of nitrogens with zero attached hydrogens (tertiary/aromatic N) is 2. The van der Waals surface area contributed by atoms with Crippen molar-refractivity contribution >= 4 is 21.9 Å². The average Bonchev–Trinajstić information content (AvgIpc) is 3.44. The van der Waals surface area contributed by atoms with Crippen LogP contribution in [-0.4, -0.2) is 4.57 Å². The second kappa shape index (κ2) is 8.98. The van der Waals surface area contributed by atoms with Gasteiger partial charge in [0, 0.05) is 22.8 Å². The third kappa shape index (κ3) is 4.01. The predicted octanol–water partition coefficient (Wildman–Crippen LogP) is 8.28. The van der Waals surface area contributed by atoms with Gasteiger partial charge in [-0.3, -0.25) is 0 Å². The molecule has 190 valence electrons. The minimum atomic E-state index is -1.45. The first-order valence-electron chi connectivity index (χ1n) is 13.1. The average molecular weight is 504 g/mol. The summed E-state index contributed by atoms with van der Waals surface area (Å²) in [6, 6.07) is 26.9. The summed E-state index contributed by atoms with van der Waals surface area (Å²) in [4.78, 5) is 0. The Bertz CT molecular complexity index is 1790. The molecule has 2 heterocycles. The van der Waals surface area contributed by atoms with Gasteiger partial charge in [-0.05, 0) is 62.1 Å². The van der Waals surface area contributed by atoms with E-state index in [1.165, 1.54) is 22.3 Å². The standard InChI is InChI=1S/C34H32FN2O/c1-22-19-24(21-25-11-10-14-27-26-12-7-9-16-30(26)38-32(25)27)20-23(2)31(22)37-18-17-36(5)33(37)28-13-6-8-15-29(28)34(3,4)35/h6-20H,21H2,1-5H3/q+1. The lowest BCUT2D eigenvalue weighted by Crippen LogP contribution is -2.30. The first kappa shape index (κ1) is 24.2. The van der Waals surface area contributed by atoms with Crippen molar-refractivity contribution in [3.05, 3.63) is 119 Å². The molecule has 0 spiro atoms. The number of furan rings is 1. The van der Waals surface area contributed by atoms with E-state index in [9.17, 15) is 0 Å². The summed E-state index contributed by atoms with van der Waals surface area (Å²) in [5.74, 6) is 0.956. The molecule has 0 aliphatic heterocycles. The Labute approximate surface area is 222 Å². The minimum Gasteiger partial charge on any atom is -0.456 e. The summed E-state index contributed by atoms with van der Waals surface area (Å²) in [6.07, 6.45) is 4.89. The van der Waals surface area contributed by atoms with Gasteiger partial charge in [-0.15, -0.1) is 0 Å². The lowest BCUT2D eigenvalue weighted by atomic mass is 9.93. The van der Waals surface area contributed by atoms with Crippen molar-refractivity contribution in [2.75, 3.05) is 0 Å². The lowest BCUT2D eigenvalue weighted by Gasteiger charge is -2.18. The highest BCUT2D eigenvalue weighted by molar-refractivity contribution is 6.05. The molecule has 0 unspecified atom stereocenters. The van der Waals surface area contributed by atoms with Crippen molar-refractivity contribution in [1.82, 2.24) is 4.57 Å². The molecule has 38 heavy (non-hydrogen) atoms. The van der Waals surface area contributed by atoms with Crippen molar-refractivity contribution < 1.29 is 13.4 Å². The number of fused-ring (bicyclic) bond motifs is 3. The van der Waals surface area contributed by atoms with E-state index in [1.807, 2.05) is 49.6 Å². The van der Waals surface area contributed by atoms with Crippen LogP contribution in [0, 0.1) is 13.8 Å². The van der Waals surface area contributed by atoms with Crippen LogP contribution in [0.4, 0.5) is 4.39 Å². The fourth-order valence-corrected chi connectivity index (χ4v) is 5.87. The van der Waals surface area contributed by atoms with Gasteiger partial charge in [0.1, 0.15) is 34.9 Å². The Morgan fingerprint density at radius 1 is 0.868 bits per heavy atom. The van der Waals surface area contributed by atoms with Crippen LogP contribution in [-0.2, 0) is 19.1 Å². The molecule has 0 aliphatic carbocycles.